The van der Waals surface area contributed by atoms with Crippen LogP contribution in [0.4, 0.5) is 11.4 Å². The third-order valence-corrected chi connectivity index (χ3v) is 10.1. The smallest absolute Gasteiger partial charge is 0.283 e. The molecule has 0 saturated heterocycles. The van der Waals surface area contributed by atoms with Gasteiger partial charge in [-0.25, -0.2) is 8.42 Å². The number of hydrogen-bond donors (Lipinski definition) is 4. The Morgan fingerprint density at radius 2 is 1.16 bits per heavy atom. The standard InChI is InChI=1S/C19H23N3O10S4.Na/c1-22(2)36(31,32)21-16-8-6-14(19(12-16)35(28,29)30)4-3-13-5-7-15(11-18(13)34(25,26)27)20-33(23,24)17-9-10-17;/h3-8,11-12,17,20-21H,9-10H2,1-2H3,(H,25,26,27)(H,28,29,30);/q;+1/b4-3+;. The number of nitrogens with zero attached hydrogens (tertiary/aromatic N) is 1. The van der Waals surface area contributed by atoms with Gasteiger partial charge in [-0.15, -0.1) is 0 Å². The Kier molecular flexibility index (Phi) is 9.66. The second-order valence-corrected chi connectivity index (χ2v) is 14.6. The van der Waals surface area contributed by atoms with Crippen LogP contribution in [0.3, 0.4) is 0 Å². The summed E-state index contributed by atoms with van der Waals surface area (Å²) in [4.78, 5) is -1.33. The average molecular weight is 605 g/mol. The second-order valence-electron chi connectivity index (χ2n) is 8.02. The molecular formula is C19H23N3NaO10S4+. The topological polar surface area (TPSA) is 204 Å². The van der Waals surface area contributed by atoms with Gasteiger partial charge in [-0.2, -0.15) is 29.6 Å². The molecule has 18 heteroatoms. The molecule has 0 bridgehead atoms. The van der Waals surface area contributed by atoms with Gasteiger partial charge < -0.3 is 0 Å². The minimum absolute atomic E-state index is 0. The van der Waals surface area contributed by atoms with Gasteiger partial charge in [0.25, 0.3) is 20.2 Å². The molecule has 2 aromatic rings. The molecule has 1 aliphatic carbocycles. The largest absolute Gasteiger partial charge is 1.00 e. The Morgan fingerprint density at radius 3 is 1.51 bits per heavy atom. The van der Waals surface area contributed by atoms with Crippen molar-refractivity contribution in [1.82, 2.24) is 4.31 Å². The summed E-state index contributed by atoms with van der Waals surface area (Å²) in [6.45, 7) is 0. The van der Waals surface area contributed by atoms with Gasteiger partial charge in [0, 0.05) is 19.8 Å². The first-order valence-corrected chi connectivity index (χ1v) is 15.9. The Balaban J connectivity index is 0.00000481. The molecule has 0 spiro atoms. The molecule has 0 radical (unpaired) electrons. The summed E-state index contributed by atoms with van der Waals surface area (Å²) in [6, 6.07) is 6.62. The van der Waals surface area contributed by atoms with E-state index in [9.17, 15) is 42.8 Å². The van der Waals surface area contributed by atoms with Gasteiger partial charge in [0.2, 0.25) is 10.0 Å². The van der Waals surface area contributed by atoms with Crippen LogP contribution in [0.25, 0.3) is 12.2 Å². The fourth-order valence-corrected chi connectivity index (χ4v) is 6.37. The van der Waals surface area contributed by atoms with Crippen LogP contribution in [0, 0.1) is 0 Å². The molecule has 0 aliphatic heterocycles. The first-order chi connectivity index (χ1) is 16.4. The summed E-state index contributed by atoms with van der Waals surface area (Å²) in [6.07, 6.45) is 3.20. The van der Waals surface area contributed by atoms with E-state index >= 15 is 0 Å². The average Bonchev–Trinajstić information content (AvgIpc) is 3.57. The molecule has 4 N–H and O–H groups in total. The summed E-state index contributed by atoms with van der Waals surface area (Å²) in [5, 5.41) is -0.574. The van der Waals surface area contributed by atoms with Crippen LogP contribution in [-0.4, -0.2) is 66.4 Å². The van der Waals surface area contributed by atoms with Gasteiger partial charge in [0.1, 0.15) is 9.79 Å². The molecule has 0 atom stereocenters. The Labute approximate surface area is 238 Å². The first kappa shape index (κ1) is 31.7. The number of anilines is 2. The molecule has 198 valence electrons. The quantitative estimate of drug-likeness (QED) is 0.140. The third kappa shape index (κ3) is 8.22. The minimum Gasteiger partial charge on any atom is -0.283 e. The summed E-state index contributed by atoms with van der Waals surface area (Å²) in [5.74, 6) is 0. The molecule has 1 aliphatic rings. The van der Waals surface area contributed by atoms with Crippen molar-refractivity contribution in [2.24, 2.45) is 0 Å². The van der Waals surface area contributed by atoms with Crippen molar-refractivity contribution in [1.29, 1.82) is 0 Å². The molecule has 13 nitrogen and oxygen atoms in total. The Bertz CT molecular complexity index is 1530. The van der Waals surface area contributed by atoms with Crippen LogP contribution in [0.2, 0.25) is 0 Å². The van der Waals surface area contributed by atoms with Gasteiger partial charge in [-0.3, -0.25) is 18.5 Å². The molecule has 0 heterocycles. The zero-order valence-electron chi connectivity index (χ0n) is 19.9. The number of hydrogen-bond acceptors (Lipinski definition) is 8. The van der Waals surface area contributed by atoms with E-state index in [0.717, 1.165) is 28.6 Å². The fraction of sp³-hybridized carbons (Fsp3) is 0.263. The van der Waals surface area contributed by atoms with Gasteiger partial charge in [-0.1, -0.05) is 24.3 Å². The number of benzene rings is 2. The van der Waals surface area contributed by atoms with Crippen molar-refractivity contribution < 1.29 is 72.3 Å². The summed E-state index contributed by atoms with van der Waals surface area (Å²) < 4.78 is 120. The van der Waals surface area contributed by atoms with Gasteiger partial charge in [0.15, 0.2) is 0 Å². The summed E-state index contributed by atoms with van der Waals surface area (Å²) in [5.41, 5.74) is -0.516. The van der Waals surface area contributed by atoms with Gasteiger partial charge >= 0.3 is 39.8 Å². The van der Waals surface area contributed by atoms with Crippen molar-refractivity contribution in [3.05, 3.63) is 47.5 Å². The van der Waals surface area contributed by atoms with E-state index in [1.807, 2.05) is 0 Å². The maximum Gasteiger partial charge on any atom is 1.00 e. The van der Waals surface area contributed by atoms with Crippen molar-refractivity contribution in [2.75, 3.05) is 23.5 Å². The van der Waals surface area contributed by atoms with Crippen LogP contribution in [0.1, 0.15) is 24.0 Å². The zero-order valence-corrected chi connectivity index (χ0v) is 25.1. The SMILES string of the molecule is CN(C)S(=O)(=O)Nc1ccc(/C=C/c2ccc(NS(=O)(=O)C3CC3)cc2S(=O)(=O)O)c(S(=O)(=O)O)c1.[Na+]. The second kappa shape index (κ2) is 11.3. The number of rotatable bonds is 10. The van der Waals surface area contributed by atoms with Crippen molar-refractivity contribution in [3.63, 3.8) is 0 Å². The molecule has 0 amide bonds. The van der Waals surface area contributed by atoms with Crippen molar-refractivity contribution in [2.45, 2.75) is 27.9 Å². The van der Waals surface area contributed by atoms with Crippen LogP contribution in [0.5, 0.6) is 0 Å². The number of sulfonamides is 1. The minimum atomic E-state index is -4.85. The van der Waals surface area contributed by atoms with E-state index in [1.54, 1.807) is 0 Å². The molecule has 37 heavy (non-hydrogen) atoms. The molecule has 3 rings (SSSR count). The van der Waals surface area contributed by atoms with Crippen LogP contribution >= 0.6 is 0 Å². The van der Waals surface area contributed by atoms with Gasteiger partial charge in [-0.05, 0) is 48.2 Å². The predicted octanol–water partition coefficient (Wildman–Crippen LogP) is -1.52. The van der Waals surface area contributed by atoms with Crippen LogP contribution < -0.4 is 39.0 Å². The monoisotopic (exact) mass is 604 g/mol. The molecule has 1 fully saturated rings. The van der Waals surface area contributed by atoms with Crippen molar-refractivity contribution >= 4 is 64.0 Å². The van der Waals surface area contributed by atoms with Crippen LogP contribution in [0.15, 0.2) is 46.2 Å². The molecule has 0 aromatic heterocycles. The van der Waals surface area contributed by atoms with E-state index in [-0.39, 0.29) is 52.1 Å². The van der Waals surface area contributed by atoms with E-state index in [2.05, 4.69) is 9.44 Å². The van der Waals surface area contributed by atoms with Gasteiger partial charge in [0.05, 0.1) is 10.9 Å². The molecule has 1 saturated carbocycles. The molecule has 0 unspecified atom stereocenters. The van der Waals surface area contributed by atoms with E-state index in [0.29, 0.717) is 12.8 Å². The normalized spacial score (nSPS) is 14.9. The third-order valence-electron chi connectivity index (χ3n) is 4.98. The van der Waals surface area contributed by atoms with Crippen molar-refractivity contribution in [3.8, 4) is 0 Å². The van der Waals surface area contributed by atoms with E-state index < -0.39 is 55.5 Å². The fourth-order valence-electron chi connectivity index (χ4n) is 2.96. The first-order valence-electron chi connectivity index (χ1n) is 10.0. The maximum absolute atomic E-state index is 12.1. The van der Waals surface area contributed by atoms with E-state index in [4.69, 9.17) is 0 Å². The summed E-state index contributed by atoms with van der Waals surface area (Å²) in [7, 11) is -14.9. The zero-order chi connectivity index (χ0) is 27.1. The Morgan fingerprint density at radius 1 is 0.757 bits per heavy atom. The van der Waals surface area contributed by atoms with E-state index in [1.165, 1.54) is 38.4 Å². The maximum atomic E-state index is 12.1. The predicted molar refractivity (Wildman–Crippen MR) is 133 cm³/mol. The molecular weight excluding hydrogens is 581 g/mol. The van der Waals surface area contributed by atoms with Crippen LogP contribution in [-0.2, 0) is 40.5 Å². The summed E-state index contributed by atoms with van der Waals surface area (Å²) >= 11 is 0. The Hall–Kier alpha value is -1.54. The molecule has 2 aromatic carbocycles. The number of nitrogens with one attached hydrogen (secondary N) is 2.